The highest BCUT2D eigenvalue weighted by Crippen LogP contribution is 2.47. The van der Waals surface area contributed by atoms with Gasteiger partial charge in [0.05, 0.1) is 23.8 Å². The first kappa shape index (κ1) is 27.7. The molecule has 0 spiro atoms. The minimum Gasteiger partial charge on any atom is -0.347 e. The number of hydrogen-bond acceptors (Lipinski definition) is 4. The Morgan fingerprint density at radius 1 is 1.05 bits per heavy atom. The molecule has 0 unspecified atom stereocenters. The van der Waals surface area contributed by atoms with Crippen LogP contribution in [0.2, 0.25) is 0 Å². The Hall–Kier alpha value is -4.85. The van der Waals surface area contributed by atoms with Gasteiger partial charge in [-0.3, -0.25) is 19.3 Å². The van der Waals surface area contributed by atoms with E-state index in [1.807, 2.05) is 62.4 Å². The Bertz CT molecular complexity index is 1610. The topological polar surface area (TPSA) is 84.3 Å². The van der Waals surface area contributed by atoms with Crippen molar-refractivity contribution >= 4 is 23.4 Å². The molecule has 0 radical (unpaired) electrons. The van der Waals surface area contributed by atoms with E-state index in [-0.39, 0.29) is 30.6 Å². The predicted molar refractivity (Wildman–Crippen MR) is 155 cm³/mol. The Morgan fingerprint density at radius 2 is 1.78 bits per heavy atom. The molecule has 0 saturated heterocycles. The van der Waals surface area contributed by atoms with Crippen molar-refractivity contribution < 1.29 is 18.8 Å². The molecule has 0 fully saturated rings. The van der Waals surface area contributed by atoms with E-state index in [0.717, 1.165) is 11.3 Å². The smallest absolute Gasteiger partial charge is 0.243 e. The van der Waals surface area contributed by atoms with Gasteiger partial charge in [0.1, 0.15) is 11.6 Å². The summed E-state index contributed by atoms with van der Waals surface area (Å²) in [7, 11) is 0. The normalized spacial score (nSPS) is 16.3. The number of Topliss-reactive ketones (excluding diaryl/α,β-unsaturated/α-hetero) is 1. The summed E-state index contributed by atoms with van der Waals surface area (Å²) in [6.07, 6.45) is 1.14. The van der Waals surface area contributed by atoms with Crippen molar-refractivity contribution in [3.8, 4) is 5.69 Å². The number of carbonyl (C=O) groups excluding carboxylic acids is 3. The van der Waals surface area contributed by atoms with Crippen LogP contribution in [0.1, 0.15) is 52.0 Å². The SMILES string of the molecule is C=CC(=O)NCc1nn(-c2ccccc2)c2c1[C@H](c1ccc(F)cc1)[C@H](CC(=O)c1cccc(C)c1)C(=O)N2CC. The van der Waals surface area contributed by atoms with Gasteiger partial charge < -0.3 is 5.32 Å². The minimum absolute atomic E-state index is 0.0464. The van der Waals surface area contributed by atoms with Gasteiger partial charge >= 0.3 is 0 Å². The molecule has 1 aromatic heterocycles. The number of halogens is 1. The standard InChI is InChI=1S/C33H31FN4O3/c1-4-29(40)35-20-27-31-30(22-14-16-24(34)17-15-22)26(19-28(39)23-11-9-10-21(3)18-23)33(41)37(5-2)32(31)38(36-27)25-12-7-6-8-13-25/h4,6-18,26,30H,1,5,19-20H2,2-3H3,(H,35,40)/t26-,30+/m0/s1. The van der Waals surface area contributed by atoms with E-state index < -0.39 is 17.7 Å². The summed E-state index contributed by atoms with van der Waals surface area (Å²) in [5.41, 5.74) is 4.16. The Balaban J connectivity index is 1.72. The summed E-state index contributed by atoms with van der Waals surface area (Å²) in [5.74, 6) is -1.95. The van der Waals surface area contributed by atoms with Crippen molar-refractivity contribution in [3.05, 3.63) is 125 Å². The van der Waals surface area contributed by atoms with Crippen molar-refractivity contribution in [3.63, 3.8) is 0 Å². The minimum atomic E-state index is -0.775. The summed E-state index contributed by atoms with van der Waals surface area (Å²) in [5, 5.41) is 7.71. The zero-order chi connectivity index (χ0) is 29.1. The number of fused-ring (bicyclic) bond motifs is 1. The molecule has 0 aliphatic carbocycles. The van der Waals surface area contributed by atoms with Gasteiger partial charge in [0.25, 0.3) is 0 Å². The fourth-order valence-electron chi connectivity index (χ4n) is 5.53. The van der Waals surface area contributed by atoms with Crippen molar-refractivity contribution in [2.75, 3.05) is 11.4 Å². The maximum atomic E-state index is 14.3. The highest BCUT2D eigenvalue weighted by molar-refractivity contribution is 6.04. The van der Waals surface area contributed by atoms with Crippen molar-refractivity contribution in [2.24, 2.45) is 5.92 Å². The van der Waals surface area contributed by atoms with Crippen LogP contribution in [0.25, 0.3) is 5.69 Å². The van der Waals surface area contributed by atoms with Crippen LogP contribution in [0, 0.1) is 18.7 Å². The molecule has 8 heteroatoms. The van der Waals surface area contributed by atoms with Crippen molar-refractivity contribution in [2.45, 2.75) is 32.7 Å². The summed E-state index contributed by atoms with van der Waals surface area (Å²) >= 11 is 0. The Morgan fingerprint density at radius 3 is 2.44 bits per heavy atom. The molecule has 1 N–H and O–H groups in total. The van der Waals surface area contributed by atoms with Crippen molar-refractivity contribution in [1.29, 1.82) is 0 Å². The first-order valence-corrected chi connectivity index (χ1v) is 13.6. The quantitative estimate of drug-likeness (QED) is 0.220. The zero-order valence-electron chi connectivity index (χ0n) is 23.0. The largest absolute Gasteiger partial charge is 0.347 e. The van der Waals surface area contributed by atoms with Gasteiger partial charge in [-0.2, -0.15) is 5.10 Å². The molecule has 4 aromatic rings. The predicted octanol–water partition coefficient (Wildman–Crippen LogP) is 5.51. The monoisotopic (exact) mass is 550 g/mol. The van der Waals surface area contributed by atoms with Crippen LogP contribution in [0.15, 0.2) is 91.5 Å². The Labute approximate surface area is 238 Å². The summed E-state index contributed by atoms with van der Waals surface area (Å²) < 4.78 is 15.8. The molecule has 5 rings (SSSR count). The van der Waals surface area contributed by atoms with E-state index >= 15 is 0 Å². The highest BCUT2D eigenvalue weighted by atomic mass is 19.1. The number of hydrogen-bond donors (Lipinski definition) is 1. The molecule has 1 aliphatic heterocycles. The molecule has 1 aliphatic rings. The van der Waals surface area contributed by atoms with Crippen LogP contribution in [0.5, 0.6) is 0 Å². The van der Waals surface area contributed by atoms with Gasteiger partial charge in [-0.25, -0.2) is 9.07 Å². The lowest BCUT2D eigenvalue weighted by atomic mass is 9.74. The number of rotatable bonds is 9. The number of anilines is 1. The van der Waals surface area contributed by atoms with Crippen LogP contribution < -0.4 is 10.2 Å². The van der Waals surface area contributed by atoms with Crippen LogP contribution >= 0.6 is 0 Å². The summed E-state index contributed by atoms with van der Waals surface area (Å²) in [6, 6.07) is 22.7. The van der Waals surface area contributed by atoms with Crippen LogP contribution in [-0.4, -0.2) is 33.9 Å². The van der Waals surface area contributed by atoms with Gasteiger partial charge in [0, 0.05) is 30.0 Å². The average Bonchev–Trinajstić information content (AvgIpc) is 3.36. The zero-order valence-corrected chi connectivity index (χ0v) is 23.0. The van der Waals surface area contributed by atoms with E-state index in [9.17, 15) is 18.8 Å². The van der Waals surface area contributed by atoms with Crippen LogP contribution in [-0.2, 0) is 16.1 Å². The van der Waals surface area contributed by atoms with E-state index in [4.69, 9.17) is 5.10 Å². The second-order valence-corrected chi connectivity index (χ2v) is 10.1. The van der Waals surface area contributed by atoms with Crippen molar-refractivity contribution in [1.82, 2.24) is 15.1 Å². The van der Waals surface area contributed by atoms with Gasteiger partial charge in [0.15, 0.2) is 5.78 Å². The first-order chi connectivity index (χ1) is 19.8. The number of nitrogens with zero attached hydrogens (tertiary/aromatic N) is 3. The number of ketones is 1. The number of aromatic nitrogens is 2. The molecule has 7 nitrogen and oxygen atoms in total. The number of nitrogens with one attached hydrogen (secondary N) is 1. The number of benzene rings is 3. The van der Waals surface area contributed by atoms with E-state index in [2.05, 4.69) is 11.9 Å². The third-order valence-corrected chi connectivity index (χ3v) is 7.43. The van der Waals surface area contributed by atoms with E-state index in [1.165, 1.54) is 18.2 Å². The number of amides is 2. The molecule has 2 amide bonds. The van der Waals surface area contributed by atoms with Gasteiger partial charge in [-0.05, 0) is 55.8 Å². The van der Waals surface area contributed by atoms with Gasteiger partial charge in [-0.1, -0.05) is 60.7 Å². The molecular formula is C33H31FN4O3. The second-order valence-electron chi connectivity index (χ2n) is 10.1. The van der Waals surface area contributed by atoms with Crippen LogP contribution in [0.3, 0.4) is 0 Å². The lowest BCUT2D eigenvalue weighted by Gasteiger charge is -2.38. The fourth-order valence-corrected chi connectivity index (χ4v) is 5.53. The maximum Gasteiger partial charge on any atom is 0.243 e. The third-order valence-electron chi connectivity index (χ3n) is 7.43. The summed E-state index contributed by atoms with van der Waals surface area (Å²) in [4.78, 5) is 41.7. The first-order valence-electron chi connectivity index (χ1n) is 13.6. The highest BCUT2D eigenvalue weighted by Gasteiger charge is 2.46. The molecular weight excluding hydrogens is 519 g/mol. The Kier molecular flexibility index (Phi) is 7.92. The third kappa shape index (κ3) is 5.45. The number of carbonyl (C=O) groups is 3. The molecule has 0 saturated carbocycles. The maximum absolute atomic E-state index is 14.3. The lowest BCUT2D eigenvalue weighted by Crippen LogP contribution is -2.45. The molecule has 41 heavy (non-hydrogen) atoms. The van der Waals surface area contributed by atoms with Gasteiger partial charge in [-0.15, -0.1) is 0 Å². The van der Waals surface area contributed by atoms with Crippen LogP contribution in [0.4, 0.5) is 10.2 Å². The number of aryl methyl sites for hydroxylation is 1. The molecule has 0 bridgehead atoms. The van der Waals surface area contributed by atoms with Gasteiger partial charge in [0.2, 0.25) is 11.8 Å². The molecule has 208 valence electrons. The summed E-state index contributed by atoms with van der Waals surface area (Å²) in [6.45, 7) is 7.74. The lowest BCUT2D eigenvalue weighted by molar-refractivity contribution is -0.123. The molecule has 2 heterocycles. The fraction of sp³-hybridized carbons (Fsp3) is 0.212. The second kappa shape index (κ2) is 11.7. The number of para-hydroxylation sites is 1. The molecule has 2 atom stereocenters. The average molecular weight is 551 g/mol. The van der Waals surface area contributed by atoms with E-state index in [0.29, 0.717) is 34.7 Å². The van der Waals surface area contributed by atoms with E-state index in [1.54, 1.807) is 27.8 Å². The molecule has 3 aromatic carbocycles.